The Balaban J connectivity index is 1.73. The van der Waals surface area contributed by atoms with Crippen LogP contribution in [0.2, 0.25) is 0 Å². The number of hydrogen-bond acceptors (Lipinski definition) is 5. The smallest absolute Gasteiger partial charge is 0.291 e. The van der Waals surface area contributed by atoms with Gasteiger partial charge in [0.25, 0.3) is 11.8 Å². The number of aliphatic hydroxyl groups is 1. The molecule has 2 amide bonds. The van der Waals surface area contributed by atoms with E-state index in [1.54, 1.807) is 23.1 Å². The number of nitrogens with one attached hydrogen (secondary N) is 1. The number of β-amino-alcohol motifs (C(OH)–C–C–N with tert-alkyl or cyclic N) is 1. The molecule has 3 rings (SSSR count). The lowest BCUT2D eigenvalue weighted by Crippen LogP contribution is -2.29. The van der Waals surface area contributed by atoms with Crippen molar-refractivity contribution in [2.75, 3.05) is 18.4 Å². The normalized spacial score (nSPS) is 17.7. The lowest BCUT2D eigenvalue weighted by Gasteiger charge is -2.14. The largest absolute Gasteiger partial charge is 0.459 e. The Morgan fingerprint density at radius 3 is 2.95 bits per heavy atom. The summed E-state index contributed by atoms with van der Waals surface area (Å²) in [6.07, 6.45) is 1.60. The van der Waals surface area contributed by atoms with Crippen LogP contribution in [0.3, 0.4) is 0 Å². The summed E-state index contributed by atoms with van der Waals surface area (Å²) in [5.74, 6) is -0.221. The van der Waals surface area contributed by atoms with Gasteiger partial charge in [-0.05, 0) is 37.1 Å². The Kier molecular flexibility index (Phi) is 4.00. The van der Waals surface area contributed by atoms with Crippen LogP contribution in [0.1, 0.15) is 32.2 Å². The molecular weight excluding hydrogens is 304 g/mol. The number of carbonyl (C=O) groups is 2. The second-order valence-corrected chi connectivity index (χ2v) is 6.30. The molecule has 6 nitrogen and oxygen atoms in total. The van der Waals surface area contributed by atoms with Gasteiger partial charge in [-0.1, -0.05) is 0 Å². The molecule has 0 unspecified atom stereocenters. The van der Waals surface area contributed by atoms with Crippen molar-refractivity contribution in [3.05, 3.63) is 40.7 Å². The van der Waals surface area contributed by atoms with Crippen molar-refractivity contribution in [1.29, 1.82) is 0 Å². The molecule has 0 radical (unpaired) electrons. The van der Waals surface area contributed by atoms with E-state index in [0.717, 1.165) is 5.56 Å². The highest BCUT2D eigenvalue weighted by atomic mass is 32.1. The molecule has 22 heavy (non-hydrogen) atoms. The zero-order chi connectivity index (χ0) is 15.7. The van der Waals surface area contributed by atoms with Crippen molar-refractivity contribution in [1.82, 2.24) is 4.90 Å². The molecule has 1 fully saturated rings. The van der Waals surface area contributed by atoms with E-state index in [9.17, 15) is 14.7 Å². The van der Waals surface area contributed by atoms with Crippen molar-refractivity contribution in [2.24, 2.45) is 0 Å². The minimum absolute atomic E-state index is 0.0995. The maximum Gasteiger partial charge on any atom is 0.291 e. The van der Waals surface area contributed by atoms with Gasteiger partial charge in [-0.2, -0.15) is 0 Å². The first-order chi connectivity index (χ1) is 10.5. The molecule has 0 bridgehead atoms. The maximum atomic E-state index is 12.4. The summed E-state index contributed by atoms with van der Waals surface area (Å²) >= 11 is 1.23. The van der Waals surface area contributed by atoms with Gasteiger partial charge in [0.15, 0.2) is 5.76 Å². The molecular formula is C15H16N2O4S. The van der Waals surface area contributed by atoms with E-state index in [1.807, 2.05) is 6.92 Å². The van der Waals surface area contributed by atoms with E-state index < -0.39 is 6.10 Å². The summed E-state index contributed by atoms with van der Waals surface area (Å²) in [5.41, 5.74) is 0.811. The summed E-state index contributed by atoms with van der Waals surface area (Å²) in [6, 6.07) is 4.99. The molecule has 1 atom stereocenters. The molecule has 7 heteroatoms. The van der Waals surface area contributed by atoms with Gasteiger partial charge in [-0.3, -0.25) is 9.59 Å². The fourth-order valence-electron chi connectivity index (χ4n) is 2.41. The fourth-order valence-corrected chi connectivity index (χ4v) is 3.44. The average molecular weight is 320 g/mol. The number of likely N-dealkylation sites (tertiary alicyclic amines) is 1. The molecule has 3 heterocycles. The minimum atomic E-state index is -0.442. The first-order valence-corrected chi connectivity index (χ1v) is 7.79. The summed E-state index contributed by atoms with van der Waals surface area (Å²) in [6.45, 7) is 2.76. The predicted octanol–water partition coefficient (Wildman–Crippen LogP) is 2.11. The number of furan rings is 1. The molecule has 0 aliphatic carbocycles. The molecule has 2 N–H and O–H groups in total. The van der Waals surface area contributed by atoms with Crippen LogP contribution in [0, 0.1) is 6.92 Å². The number of hydrogen-bond donors (Lipinski definition) is 2. The van der Waals surface area contributed by atoms with E-state index in [2.05, 4.69) is 5.32 Å². The quantitative estimate of drug-likeness (QED) is 0.907. The first kappa shape index (κ1) is 14.8. The van der Waals surface area contributed by atoms with Gasteiger partial charge in [-0.25, -0.2) is 0 Å². The Morgan fingerprint density at radius 2 is 2.32 bits per heavy atom. The number of anilines is 1. The average Bonchev–Trinajstić information content (AvgIpc) is 3.19. The predicted molar refractivity (Wildman–Crippen MR) is 82.2 cm³/mol. The Hall–Kier alpha value is -2.12. The number of aliphatic hydroxyl groups excluding tert-OH is 1. The van der Waals surface area contributed by atoms with Crippen molar-refractivity contribution in [3.8, 4) is 0 Å². The van der Waals surface area contributed by atoms with Crippen LogP contribution >= 0.6 is 11.3 Å². The lowest BCUT2D eigenvalue weighted by molar-refractivity contribution is 0.0769. The van der Waals surface area contributed by atoms with Crippen LogP contribution in [0.25, 0.3) is 0 Å². The number of thiophene rings is 1. The van der Waals surface area contributed by atoms with Crippen LogP contribution < -0.4 is 5.32 Å². The number of carbonyl (C=O) groups excluding carboxylic acids is 2. The number of rotatable bonds is 3. The second kappa shape index (κ2) is 5.94. The molecule has 0 spiro atoms. The van der Waals surface area contributed by atoms with Crippen molar-refractivity contribution < 1.29 is 19.1 Å². The van der Waals surface area contributed by atoms with Crippen LogP contribution in [-0.4, -0.2) is 41.0 Å². The number of nitrogens with zero attached hydrogens (tertiary/aromatic N) is 1. The zero-order valence-electron chi connectivity index (χ0n) is 12.0. The standard InChI is InChI=1S/C15H16N2O4S/c1-9-7-12(16-14(19)11-3-2-6-21-11)22-13(9)15(20)17-5-4-10(18)8-17/h2-3,6-7,10,18H,4-5,8H2,1H3,(H,16,19)/t10-/m1/s1. The molecule has 1 aliphatic rings. The van der Waals surface area contributed by atoms with Gasteiger partial charge in [0, 0.05) is 13.1 Å². The van der Waals surface area contributed by atoms with E-state index in [-0.39, 0.29) is 17.6 Å². The SMILES string of the molecule is Cc1cc(NC(=O)c2ccco2)sc1C(=O)N1CC[C@@H](O)C1. The van der Waals surface area contributed by atoms with Gasteiger partial charge < -0.3 is 19.7 Å². The van der Waals surface area contributed by atoms with Crippen LogP contribution in [0.15, 0.2) is 28.9 Å². The summed E-state index contributed by atoms with van der Waals surface area (Å²) in [4.78, 5) is 26.6. The summed E-state index contributed by atoms with van der Waals surface area (Å²) in [7, 11) is 0. The highest BCUT2D eigenvalue weighted by Crippen LogP contribution is 2.29. The Labute approximate surface area is 131 Å². The fraction of sp³-hybridized carbons (Fsp3) is 0.333. The van der Waals surface area contributed by atoms with Crippen LogP contribution in [-0.2, 0) is 0 Å². The molecule has 2 aromatic heterocycles. The van der Waals surface area contributed by atoms with Crippen molar-refractivity contribution >= 4 is 28.2 Å². The van der Waals surface area contributed by atoms with Gasteiger partial charge in [0.05, 0.1) is 22.2 Å². The summed E-state index contributed by atoms with van der Waals surface area (Å²) < 4.78 is 5.03. The Bertz CT molecular complexity index is 692. The summed E-state index contributed by atoms with van der Waals surface area (Å²) in [5, 5.41) is 12.9. The van der Waals surface area contributed by atoms with E-state index in [0.29, 0.717) is 29.4 Å². The third-order valence-corrected chi connectivity index (χ3v) is 4.68. The van der Waals surface area contributed by atoms with Crippen molar-refractivity contribution in [3.63, 3.8) is 0 Å². The van der Waals surface area contributed by atoms with Crippen molar-refractivity contribution in [2.45, 2.75) is 19.4 Å². The third kappa shape index (κ3) is 2.90. The molecule has 2 aromatic rings. The highest BCUT2D eigenvalue weighted by Gasteiger charge is 2.27. The van der Waals surface area contributed by atoms with Gasteiger partial charge in [0.1, 0.15) is 0 Å². The molecule has 1 aliphatic heterocycles. The highest BCUT2D eigenvalue weighted by molar-refractivity contribution is 7.18. The van der Waals surface area contributed by atoms with Crippen LogP contribution in [0.5, 0.6) is 0 Å². The van der Waals surface area contributed by atoms with Gasteiger partial charge >= 0.3 is 0 Å². The van der Waals surface area contributed by atoms with Gasteiger partial charge in [-0.15, -0.1) is 11.3 Å². The number of aryl methyl sites for hydroxylation is 1. The monoisotopic (exact) mass is 320 g/mol. The van der Waals surface area contributed by atoms with E-state index in [4.69, 9.17) is 4.42 Å². The first-order valence-electron chi connectivity index (χ1n) is 6.97. The molecule has 0 saturated carbocycles. The molecule has 1 saturated heterocycles. The zero-order valence-corrected chi connectivity index (χ0v) is 12.9. The maximum absolute atomic E-state index is 12.4. The minimum Gasteiger partial charge on any atom is -0.459 e. The second-order valence-electron chi connectivity index (χ2n) is 5.25. The lowest BCUT2D eigenvalue weighted by atomic mass is 10.2. The van der Waals surface area contributed by atoms with Crippen LogP contribution in [0.4, 0.5) is 5.00 Å². The molecule has 116 valence electrons. The Morgan fingerprint density at radius 1 is 1.50 bits per heavy atom. The van der Waals surface area contributed by atoms with Gasteiger partial charge in [0.2, 0.25) is 0 Å². The topological polar surface area (TPSA) is 82.8 Å². The number of amides is 2. The third-order valence-electron chi connectivity index (χ3n) is 3.54. The molecule has 0 aromatic carbocycles. The van der Waals surface area contributed by atoms with E-state index >= 15 is 0 Å². The van der Waals surface area contributed by atoms with E-state index in [1.165, 1.54) is 17.6 Å².